The van der Waals surface area contributed by atoms with Gasteiger partial charge in [0.2, 0.25) is 0 Å². The van der Waals surface area contributed by atoms with Crippen LogP contribution in [0.4, 0.5) is 0 Å². The van der Waals surface area contributed by atoms with E-state index in [1.54, 1.807) is 0 Å². The average Bonchev–Trinajstić information content (AvgIpc) is 2.35. The van der Waals surface area contributed by atoms with Gasteiger partial charge in [0.1, 0.15) is 5.78 Å². The smallest absolute Gasteiger partial charge is 0.264 e. The number of ketones is 1. The van der Waals surface area contributed by atoms with Crippen LogP contribution in [0.2, 0.25) is 0 Å². The predicted molar refractivity (Wildman–Crippen MR) is 54.7 cm³/mol. The van der Waals surface area contributed by atoms with E-state index in [-0.39, 0.29) is 29.1 Å². The quantitative estimate of drug-likeness (QED) is 0.665. The predicted octanol–water partition coefficient (Wildman–Crippen LogP) is 0.966. The van der Waals surface area contributed by atoms with Gasteiger partial charge in [-0.2, -0.15) is 8.42 Å². The van der Waals surface area contributed by atoms with Crippen molar-refractivity contribution < 1.29 is 17.4 Å². The topological polar surface area (TPSA) is 60.4 Å². The maximum Gasteiger partial charge on any atom is 0.264 e. The Balaban J connectivity index is 2.20. The standard InChI is InChI=1S/C10H16O4S/c1-10(2)6-5-9(14-15(3,12)13)7(10)4-8(6)11/h6-7,9H,4-5H2,1-3H3. The summed E-state index contributed by atoms with van der Waals surface area (Å²) in [6.45, 7) is 4.05. The molecule has 0 N–H and O–H groups in total. The van der Waals surface area contributed by atoms with Crippen molar-refractivity contribution in [2.75, 3.05) is 6.26 Å². The van der Waals surface area contributed by atoms with Gasteiger partial charge < -0.3 is 0 Å². The number of Topliss-reactive ketones (excluding diaryl/α,β-unsaturated/α-hetero) is 1. The summed E-state index contributed by atoms with van der Waals surface area (Å²) in [4.78, 5) is 11.6. The van der Waals surface area contributed by atoms with Crippen molar-refractivity contribution in [2.45, 2.75) is 32.8 Å². The molecule has 0 aromatic heterocycles. The maximum absolute atomic E-state index is 11.6. The van der Waals surface area contributed by atoms with Gasteiger partial charge in [-0.15, -0.1) is 0 Å². The normalized spacial score (nSPS) is 38.6. The molecule has 0 aliphatic heterocycles. The van der Waals surface area contributed by atoms with Gasteiger partial charge in [0, 0.05) is 12.3 Å². The highest BCUT2D eigenvalue weighted by molar-refractivity contribution is 7.86. The van der Waals surface area contributed by atoms with E-state index in [2.05, 4.69) is 0 Å². The van der Waals surface area contributed by atoms with Crippen LogP contribution in [-0.4, -0.2) is 26.6 Å². The van der Waals surface area contributed by atoms with Crippen molar-refractivity contribution in [1.29, 1.82) is 0 Å². The third-order valence-electron chi connectivity index (χ3n) is 3.88. The van der Waals surface area contributed by atoms with E-state index in [1.165, 1.54) is 0 Å². The van der Waals surface area contributed by atoms with Crippen LogP contribution < -0.4 is 0 Å². The Kier molecular flexibility index (Phi) is 2.25. The summed E-state index contributed by atoms with van der Waals surface area (Å²) >= 11 is 0. The van der Waals surface area contributed by atoms with Gasteiger partial charge in [-0.05, 0) is 17.8 Å². The van der Waals surface area contributed by atoms with E-state index < -0.39 is 10.1 Å². The Morgan fingerprint density at radius 1 is 1.40 bits per heavy atom. The minimum Gasteiger partial charge on any atom is -0.299 e. The van der Waals surface area contributed by atoms with Gasteiger partial charge in [-0.1, -0.05) is 13.8 Å². The summed E-state index contributed by atoms with van der Waals surface area (Å²) in [7, 11) is -3.41. The first-order valence-electron chi connectivity index (χ1n) is 5.13. The lowest BCUT2D eigenvalue weighted by molar-refractivity contribution is -0.123. The second kappa shape index (κ2) is 3.04. The zero-order valence-corrected chi connectivity index (χ0v) is 10.0. The summed E-state index contributed by atoms with van der Waals surface area (Å²) in [5.74, 6) is 0.303. The first kappa shape index (κ1) is 11.1. The van der Waals surface area contributed by atoms with E-state index in [0.717, 1.165) is 6.26 Å². The Morgan fingerprint density at radius 2 is 2.00 bits per heavy atom. The van der Waals surface area contributed by atoms with Crippen molar-refractivity contribution in [3.63, 3.8) is 0 Å². The largest absolute Gasteiger partial charge is 0.299 e. The van der Waals surface area contributed by atoms with Crippen LogP contribution >= 0.6 is 0 Å². The average molecular weight is 232 g/mol. The highest BCUT2D eigenvalue weighted by Gasteiger charge is 2.59. The highest BCUT2D eigenvalue weighted by atomic mass is 32.2. The maximum atomic E-state index is 11.6. The molecular weight excluding hydrogens is 216 g/mol. The molecule has 2 rings (SSSR count). The molecule has 3 unspecified atom stereocenters. The number of carbonyl (C=O) groups is 1. The third-order valence-corrected chi connectivity index (χ3v) is 4.48. The van der Waals surface area contributed by atoms with Gasteiger partial charge >= 0.3 is 0 Å². The van der Waals surface area contributed by atoms with Gasteiger partial charge in [-0.3, -0.25) is 8.98 Å². The molecule has 2 aliphatic rings. The second-order valence-electron chi connectivity index (χ2n) is 5.23. The van der Waals surface area contributed by atoms with E-state index in [4.69, 9.17) is 4.18 Å². The minimum atomic E-state index is -3.41. The second-order valence-corrected chi connectivity index (χ2v) is 6.83. The number of rotatable bonds is 2. The van der Waals surface area contributed by atoms with Crippen molar-refractivity contribution >= 4 is 15.9 Å². The molecule has 0 heterocycles. The van der Waals surface area contributed by atoms with Gasteiger partial charge in [0.15, 0.2) is 0 Å². The van der Waals surface area contributed by atoms with Gasteiger partial charge in [0.05, 0.1) is 12.4 Å². The fourth-order valence-electron chi connectivity index (χ4n) is 3.07. The fraction of sp³-hybridized carbons (Fsp3) is 0.900. The summed E-state index contributed by atoms with van der Waals surface area (Å²) in [6, 6.07) is 0. The molecule has 15 heavy (non-hydrogen) atoms. The molecule has 0 radical (unpaired) electrons. The molecule has 2 fully saturated rings. The van der Waals surface area contributed by atoms with Crippen molar-refractivity contribution in [3.05, 3.63) is 0 Å². The molecule has 3 atom stereocenters. The lowest BCUT2D eigenvalue weighted by atomic mass is 9.82. The molecule has 0 saturated heterocycles. The molecule has 0 amide bonds. The lowest BCUT2D eigenvalue weighted by Crippen LogP contribution is -2.28. The third kappa shape index (κ3) is 1.72. The number of hydrogen-bond acceptors (Lipinski definition) is 4. The number of hydrogen-bond donors (Lipinski definition) is 0. The Hall–Kier alpha value is -0.420. The molecule has 5 heteroatoms. The minimum absolute atomic E-state index is 0.0192. The molecular formula is C10H16O4S. The molecule has 2 aliphatic carbocycles. The molecule has 0 aromatic rings. The van der Waals surface area contributed by atoms with E-state index >= 15 is 0 Å². The zero-order chi connectivity index (χ0) is 11.4. The van der Waals surface area contributed by atoms with Gasteiger partial charge in [-0.25, -0.2) is 0 Å². The molecule has 0 spiro atoms. The molecule has 2 saturated carbocycles. The van der Waals surface area contributed by atoms with Crippen molar-refractivity contribution in [1.82, 2.24) is 0 Å². The van der Waals surface area contributed by atoms with Gasteiger partial charge in [0.25, 0.3) is 10.1 Å². The van der Waals surface area contributed by atoms with Crippen LogP contribution in [-0.2, 0) is 19.1 Å². The summed E-state index contributed by atoms with van der Waals surface area (Å²) in [5.41, 5.74) is -0.105. The zero-order valence-electron chi connectivity index (χ0n) is 9.19. The fourth-order valence-corrected chi connectivity index (χ4v) is 3.73. The summed E-state index contributed by atoms with van der Waals surface area (Å²) in [6.07, 6.45) is 1.80. The monoisotopic (exact) mass is 232 g/mol. The Labute approximate surface area is 90.1 Å². The van der Waals surface area contributed by atoms with E-state index in [9.17, 15) is 13.2 Å². The van der Waals surface area contributed by atoms with Crippen molar-refractivity contribution in [2.24, 2.45) is 17.3 Å². The summed E-state index contributed by atoms with van der Waals surface area (Å²) in [5, 5.41) is 0. The van der Waals surface area contributed by atoms with E-state index in [1.807, 2.05) is 13.8 Å². The van der Waals surface area contributed by atoms with E-state index in [0.29, 0.717) is 12.8 Å². The molecule has 2 bridgehead atoms. The Morgan fingerprint density at radius 3 is 2.33 bits per heavy atom. The van der Waals surface area contributed by atoms with Crippen molar-refractivity contribution in [3.8, 4) is 0 Å². The first-order chi connectivity index (χ1) is 6.72. The molecule has 86 valence electrons. The summed E-state index contributed by atoms with van der Waals surface area (Å²) < 4.78 is 27.1. The Bertz CT molecular complexity index is 396. The van der Waals surface area contributed by atoms with Crippen LogP contribution in [0, 0.1) is 17.3 Å². The van der Waals surface area contributed by atoms with Crippen LogP contribution in [0.15, 0.2) is 0 Å². The SMILES string of the molecule is CC1(C)C2CC(OS(C)(=O)=O)C1CC2=O. The lowest BCUT2D eigenvalue weighted by Gasteiger charge is -2.24. The van der Waals surface area contributed by atoms with Crippen LogP contribution in [0.3, 0.4) is 0 Å². The first-order valence-corrected chi connectivity index (χ1v) is 6.94. The molecule has 0 aromatic carbocycles. The van der Waals surface area contributed by atoms with Crippen LogP contribution in [0.1, 0.15) is 26.7 Å². The number of carbonyl (C=O) groups excluding carboxylic acids is 1. The van der Waals surface area contributed by atoms with Crippen LogP contribution in [0.25, 0.3) is 0 Å². The molecule has 4 nitrogen and oxygen atoms in total. The highest BCUT2D eigenvalue weighted by Crippen LogP contribution is 2.56. The number of fused-ring (bicyclic) bond motifs is 2. The van der Waals surface area contributed by atoms with Crippen LogP contribution in [0.5, 0.6) is 0 Å².